The molecule has 2 heterocycles. The van der Waals surface area contributed by atoms with E-state index < -0.39 is 9.84 Å². The second-order valence-electron chi connectivity index (χ2n) is 7.08. The first-order chi connectivity index (χ1) is 13.4. The molecule has 0 unspecified atom stereocenters. The summed E-state index contributed by atoms with van der Waals surface area (Å²) >= 11 is 0. The van der Waals surface area contributed by atoms with Crippen molar-refractivity contribution in [3.05, 3.63) is 53.6 Å². The highest BCUT2D eigenvalue weighted by Crippen LogP contribution is 2.37. The third-order valence-electron chi connectivity index (χ3n) is 5.40. The Balaban J connectivity index is 1.87. The Morgan fingerprint density at radius 3 is 2.43 bits per heavy atom. The summed E-state index contributed by atoms with van der Waals surface area (Å²) in [6, 6.07) is 10.8. The molecule has 2 aliphatic rings. The lowest BCUT2D eigenvalue weighted by atomic mass is 10.1. The van der Waals surface area contributed by atoms with Gasteiger partial charge in [0.2, 0.25) is 9.84 Å². The summed E-state index contributed by atoms with van der Waals surface area (Å²) in [5.41, 5.74) is 0.837. The maximum absolute atomic E-state index is 13.2. The van der Waals surface area contributed by atoms with Crippen LogP contribution in [0.5, 0.6) is 0 Å². The zero-order valence-corrected chi connectivity index (χ0v) is 16.5. The van der Waals surface area contributed by atoms with Crippen LogP contribution in [0.25, 0.3) is 0 Å². The molecule has 0 bridgehead atoms. The summed E-state index contributed by atoms with van der Waals surface area (Å²) in [6.45, 7) is 3.50. The van der Waals surface area contributed by atoms with E-state index in [4.69, 9.17) is 0 Å². The van der Waals surface area contributed by atoms with Crippen molar-refractivity contribution in [1.29, 1.82) is 0 Å². The highest BCUT2D eigenvalue weighted by molar-refractivity contribution is 7.91. The molecule has 0 saturated carbocycles. The lowest BCUT2D eigenvalue weighted by molar-refractivity contribution is 0.0724. The molecule has 0 atom stereocenters. The van der Waals surface area contributed by atoms with E-state index >= 15 is 0 Å². The maximum atomic E-state index is 13.2. The molecule has 2 aromatic rings. The minimum Gasteiger partial charge on any atom is -0.339 e. The second kappa shape index (κ2) is 7.05. The fourth-order valence-electron chi connectivity index (χ4n) is 3.93. The number of piperidine rings is 1. The van der Waals surface area contributed by atoms with Crippen molar-refractivity contribution in [2.45, 2.75) is 36.0 Å². The number of fused-ring (bicyclic) bond motifs is 2. The average molecular weight is 398 g/mol. The molecule has 1 fully saturated rings. The van der Waals surface area contributed by atoms with E-state index in [9.17, 15) is 18.0 Å². The maximum Gasteiger partial charge on any atom is 0.259 e. The molecule has 0 aromatic heterocycles. The molecule has 0 radical (unpaired) electrons. The van der Waals surface area contributed by atoms with Gasteiger partial charge in [-0.05, 0) is 56.5 Å². The van der Waals surface area contributed by atoms with E-state index in [0.717, 1.165) is 19.3 Å². The fourth-order valence-corrected chi connectivity index (χ4v) is 5.56. The van der Waals surface area contributed by atoms with Gasteiger partial charge >= 0.3 is 0 Å². The van der Waals surface area contributed by atoms with Crippen molar-refractivity contribution in [1.82, 2.24) is 4.90 Å². The van der Waals surface area contributed by atoms with Crippen molar-refractivity contribution in [2.75, 3.05) is 24.5 Å². The minimum atomic E-state index is -3.87. The normalized spacial score (nSPS) is 18.2. The number of nitrogens with zero attached hydrogens (tertiary/aromatic N) is 2. The zero-order chi connectivity index (χ0) is 19.9. The number of benzene rings is 2. The molecule has 146 valence electrons. The van der Waals surface area contributed by atoms with E-state index in [1.807, 2.05) is 0 Å². The van der Waals surface area contributed by atoms with Gasteiger partial charge < -0.3 is 9.80 Å². The largest absolute Gasteiger partial charge is 0.339 e. The third-order valence-corrected chi connectivity index (χ3v) is 7.26. The quantitative estimate of drug-likeness (QED) is 0.779. The third kappa shape index (κ3) is 2.90. The number of hydrogen-bond donors (Lipinski definition) is 0. The lowest BCUT2D eigenvalue weighted by Crippen LogP contribution is -2.36. The van der Waals surface area contributed by atoms with Crippen LogP contribution in [0.1, 0.15) is 46.9 Å². The monoisotopic (exact) mass is 398 g/mol. The Morgan fingerprint density at radius 2 is 1.71 bits per heavy atom. The Hall–Kier alpha value is -2.67. The first kappa shape index (κ1) is 18.7. The van der Waals surface area contributed by atoms with Crippen molar-refractivity contribution in [3.63, 3.8) is 0 Å². The highest BCUT2D eigenvalue weighted by atomic mass is 32.2. The van der Waals surface area contributed by atoms with E-state index in [0.29, 0.717) is 25.2 Å². The number of sulfone groups is 1. The van der Waals surface area contributed by atoms with Crippen molar-refractivity contribution in [2.24, 2.45) is 0 Å². The van der Waals surface area contributed by atoms with Crippen LogP contribution in [-0.2, 0) is 9.84 Å². The van der Waals surface area contributed by atoms with Crippen LogP contribution in [0.15, 0.2) is 52.3 Å². The van der Waals surface area contributed by atoms with Crippen LogP contribution >= 0.6 is 0 Å². The van der Waals surface area contributed by atoms with Crippen LogP contribution in [0.2, 0.25) is 0 Å². The number of anilines is 1. The standard InChI is InChI=1S/C21H22N2O4S/c1-2-23-17-14-15(20(24)22-12-6-3-7-13-22)10-11-19(17)28(26,27)18-9-5-4-8-16(18)21(23)25/h4-5,8-11,14H,2-3,6-7,12-13H2,1H3. The van der Waals surface area contributed by atoms with Gasteiger partial charge in [0.05, 0.1) is 21.0 Å². The molecule has 28 heavy (non-hydrogen) atoms. The first-order valence-corrected chi connectivity index (χ1v) is 11.0. The predicted molar refractivity (Wildman–Crippen MR) is 105 cm³/mol. The molecular weight excluding hydrogens is 376 g/mol. The second-order valence-corrected chi connectivity index (χ2v) is 8.97. The smallest absolute Gasteiger partial charge is 0.259 e. The molecule has 1 saturated heterocycles. The summed E-state index contributed by atoms with van der Waals surface area (Å²) < 4.78 is 26.5. The molecule has 0 spiro atoms. The SMILES string of the molecule is CCN1C(=O)c2ccccc2S(=O)(=O)c2ccc(C(=O)N3CCCCC3)cc21. The van der Waals surface area contributed by atoms with Crippen molar-refractivity contribution < 1.29 is 18.0 Å². The Morgan fingerprint density at radius 1 is 1.00 bits per heavy atom. The number of likely N-dealkylation sites (tertiary alicyclic amines) is 1. The molecular formula is C21H22N2O4S. The summed E-state index contributed by atoms with van der Waals surface area (Å²) in [7, 11) is -3.87. The molecule has 2 amide bonds. The lowest BCUT2D eigenvalue weighted by Gasteiger charge is -2.27. The van der Waals surface area contributed by atoms with E-state index in [-0.39, 0.29) is 32.9 Å². The van der Waals surface area contributed by atoms with Gasteiger partial charge in [-0.1, -0.05) is 12.1 Å². The topological polar surface area (TPSA) is 74.8 Å². The molecule has 7 heteroatoms. The molecule has 0 N–H and O–H groups in total. The molecule has 6 nitrogen and oxygen atoms in total. The van der Waals surface area contributed by atoms with Crippen molar-refractivity contribution in [3.8, 4) is 0 Å². The number of hydrogen-bond acceptors (Lipinski definition) is 4. The van der Waals surface area contributed by atoms with E-state index in [1.54, 1.807) is 36.1 Å². The van der Waals surface area contributed by atoms with Crippen LogP contribution in [0.3, 0.4) is 0 Å². The first-order valence-electron chi connectivity index (χ1n) is 9.54. The van der Waals surface area contributed by atoms with Gasteiger partial charge in [0.25, 0.3) is 11.8 Å². The number of rotatable bonds is 2. The molecule has 2 aliphatic heterocycles. The van der Waals surface area contributed by atoms with Crippen LogP contribution in [0.4, 0.5) is 5.69 Å². The minimum absolute atomic E-state index is 0.00677. The van der Waals surface area contributed by atoms with Gasteiger partial charge in [-0.2, -0.15) is 0 Å². The van der Waals surface area contributed by atoms with Gasteiger partial charge in [0.15, 0.2) is 0 Å². The summed E-state index contributed by atoms with van der Waals surface area (Å²) in [6.07, 6.45) is 3.06. The Bertz CT molecular complexity index is 1060. The zero-order valence-electron chi connectivity index (χ0n) is 15.7. The number of amides is 2. The average Bonchev–Trinajstić information content (AvgIpc) is 2.80. The number of carbonyl (C=O) groups excluding carboxylic acids is 2. The van der Waals surface area contributed by atoms with Gasteiger partial charge in [-0.3, -0.25) is 9.59 Å². The molecule has 4 rings (SSSR count). The van der Waals surface area contributed by atoms with E-state index in [1.165, 1.54) is 23.1 Å². The van der Waals surface area contributed by atoms with Crippen LogP contribution in [0, 0.1) is 0 Å². The Kier molecular flexibility index (Phi) is 4.71. The highest BCUT2D eigenvalue weighted by Gasteiger charge is 2.35. The van der Waals surface area contributed by atoms with Gasteiger partial charge in [-0.15, -0.1) is 0 Å². The Labute approximate surface area is 164 Å². The van der Waals surface area contributed by atoms with Crippen LogP contribution < -0.4 is 4.90 Å². The predicted octanol–water partition coefficient (Wildman–Crippen LogP) is 3.13. The van der Waals surface area contributed by atoms with Gasteiger partial charge in [-0.25, -0.2) is 8.42 Å². The van der Waals surface area contributed by atoms with Gasteiger partial charge in [0, 0.05) is 25.2 Å². The molecule has 0 aliphatic carbocycles. The van der Waals surface area contributed by atoms with E-state index in [2.05, 4.69) is 0 Å². The van der Waals surface area contributed by atoms with Crippen molar-refractivity contribution >= 4 is 27.3 Å². The molecule has 2 aromatic carbocycles. The summed E-state index contributed by atoms with van der Waals surface area (Å²) in [5, 5.41) is 0. The van der Waals surface area contributed by atoms with Crippen LogP contribution in [-0.4, -0.2) is 44.8 Å². The van der Waals surface area contributed by atoms with Gasteiger partial charge in [0.1, 0.15) is 0 Å². The summed E-state index contributed by atoms with van der Waals surface area (Å²) in [4.78, 5) is 29.3. The number of carbonyl (C=O) groups is 2. The fraction of sp³-hybridized carbons (Fsp3) is 0.333. The summed E-state index contributed by atoms with van der Waals surface area (Å²) in [5.74, 6) is -0.492.